The number of aliphatic hydroxyl groups is 1. The molecule has 1 amide bonds. The number of hydrogen-bond acceptors (Lipinski definition) is 4. The van der Waals surface area contributed by atoms with Gasteiger partial charge in [0.25, 0.3) is 5.91 Å². The fourth-order valence-electron chi connectivity index (χ4n) is 1.89. The fourth-order valence-corrected chi connectivity index (χ4v) is 1.89. The van der Waals surface area contributed by atoms with E-state index in [4.69, 9.17) is 9.47 Å². The second-order valence-corrected chi connectivity index (χ2v) is 5.10. The maximum absolute atomic E-state index is 11.7. The maximum Gasteiger partial charge on any atom is 0.257 e. The molecule has 2 rings (SSSR count). The molecule has 20 heavy (non-hydrogen) atoms. The number of nitrogens with one attached hydrogen (secondary N) is 1. The van der Waals surface area contributed by atoms with Gasteiger partial charge in [-0.2, -0.15) is 0 Å². The first-order valence-corrected chi connectivity index (χ1v) is 6.91. The Morgan fingerprint density at radius 1 is 1.30 bits per heavy atom. The van der Waals surface area contributed by atoms with Crippen LogP contribution < -0.4 is 14.8 Å². The highest BCUT2D eigenvalue weighted by atomic mass is 16.5. The van der Waals surface area contributed by atoms with Crippen molar-refractivity contribution in [3.8, 4) is 11.5 Å². The van der Waals surface area contributed by atoms with Gasteiger partial charge in [-0.15, -0.1) is 0 Å². The molecule has 0 aliphatic heterocycles. The second-order valence-electron chi connectivity index (χ2n) is 5.10. The summed E-state index contributed by atoms with van der Waals surface area (Å²) in [6, 6.07) is 7.27. The summed E-state index contributed by atoms with van der Waals surface area (Å²) in [7, 11) is 0. The van der Waals surface area contributed by atoms with Crippen LogP contribution in [0, 0.1) is 5.41 Å². The van der Waals surface area contributed by atoms with Crippen molar-refractivity contribution >= 4 is 5.91 Å². The molecule has 1 aliphatic rings. The summed E-state index contributed by atoms with van der Waals surface area (Å²) in [6.07, 6.45) is 1.94. The highest BCUT2D eigenvalue weighted by molar-refractivity contribution is 5.77. The van der Waals surface area contributed by atoms with E-state index >= 15 is 0 Å². The lowest BCUT2D eigenvalue weighted by atomic mass is 10.1. The van der Waals surface area contributed by atoms with Crippen molar-refractivity contribution in [1.82, 2.24) is 5.32 Å². The first kappa shape index (κ1) is 14.7. The highest BCUT2D eigenvalue weighted by Crippen LogP contribution is 2.44. The van der Waals surface area contributed by atoms with Crippen LogP contribution in [-0.4, -0.2) is 37.4 Å². The molecule has 1 saturated carbocycles. The van der Waals surface area contributed by atoms with Crippen LogP contribution in [0.25, 0.3) is 0 Å². The Morgan fingerprint density at radius 2 is 1.95 bits per heavy atom. The van der Waals surface area contributed by atoms with Gasteiger partial charge in [0, 0.05) is 12.0 Å². The van der Waals surface area contributed by atoms with Crippen LogP contribution >= 0.6 is 0 Å². The van der Waals surface area contributed by atoms with Crippen molar-refractivity contribution in [3.05, 3.63) is 24.3 Å². The molecule has 0 spiro atoms. The summed E-state index contributed by atoms with van der Waals surface area (Å²) in [5, 5.41) is 12.0. The number of hydrogen-bond donors (Lipinski definition) is 2. The molecule has 5 heteroatoms. The van der Waals surface area contributed by atoms with Crippen molar-refractivity contribution in [2.75, 3.05) is 26.4 Å². The topological polar surface area (TPSA) is 67.8 Å². The minimum absolute atomic E-state index is 0.0500. The quantitative estimate of drug-likeness (QED) is 0.754. The molecule has 0 aromatic heterocycles. The number of benzene rings is 1. The molecule has 0 heterocycles. The second kappa shape index (κ2) is 6.61. The van der Waals surface area contributed by atoms with Crippen LogP contribution in [0.1, 0.15) is 19.8 Å². The molecule has 1 aromatic rings. The molecular formula is C15H21NO4. The number of para-hydroxylation sites is 2. The van der Waals surface area contributed by atoms with Crippen molar-refractivity contribution in [3.63, 3.8) is 0 Å². The Labute approximate surface area is 118 Å². The van der Waals surface area contributed by atoms with E-state index in [-0.39, 0.29) is 24.5 Å². The number of carbonyl (C=O) groups excluding carboxylic acids is 1. The van der Waals surface area contributed by atoms with E-state index in [2.05, 4.69) is 5.32 Å². The van der Waals surface area contributed by atoms with E-state index in [9.17, 15) is 9.90 Å². The van der Waals surface area contributed by atoms with E-state index in [1.54, 1.807) is 6.07 Å². The number of aliphatic hydroxyl groups excluding tert-OH is 1. The molecule has 1 aliphatic carbocycles. The van der Waals surface area contributed by atoms with Crippen LogP contribution in [0.4, 0.5) is 0 Å². The van der Waals surface area contributed by atoms with E-state index < -0.39 is 0 Å². The van der Waals surface area contributed by atoms with Crippen LogP contribution in [0.3, 0.4) is 0 Å². The van der Waals surface area contributed by atoms with Gasteiger partial charge in [0.15, 0.2) is 18.1 Å². The summed E-state index contributed by atoms with van der Waals surface area (Å²) in [6.45, 7) is 3.03. The Balaban J connectivity index is 1.78. The fraction of sp³-hybridized carbons (Fsp3) is 0.533. The molecule has 1 fully saturated rings. The van der Waals surface area contributed by atoms with Gasteiger partial charge in [-0.3, -0.25) is 4.79 Å². The lowest BCUT2D eigenvalue weighted by Crippen LogP contribution is -2.35. The van der Waals surface area contributed by atoms with Gasteiger partial charge in [-0.05, 0) is 31.9 Å². The summed E-state index contributed by atoms with van der Waals surface area (Å²) >= 11 is 0. The zero-order valence-corrected chi connectivity index (χ0v) is 11.7. The number of carbonyl (C=O) groups is 1. The molecule has 0 radical (unpaired) electrons. The zero-order chi connectivity index (χ0) is 14.4. The lowest BCUT2D eigenvalue weighted by molar-refractivity contribution is -0.123. The smallest absolute Gasteiger partial charge is 0.257 e. The molecule has 0 bridgehead atoms. The van der Waals surface area contributed by atoms with Crippen LogP contribution in [-0.2, 0) is 4.79 Å². The molecule has 1 aromatic carbocycles. The summed E-state index contributed by atoms with van der Waals surface area (Å²) in [5.74, 6) is 1.01. The highest BCUT2D eigenvalue weighted by Gasteiger charge is 2.42. The number of ether oxygens (including phenoxy) is 2. The van der Waals surface area contributed by atoms with Crippen LogP contribution in [0.5, 0.6) is 11.5 Å². The van der Waals surface area contributed by atoms with Gasteiger partial charge < -0.3 is 19.9 Å². The Kier molecular flexibility index (Phi) is 4.84. The van der Waals surface area contributed by atoms with Gasteiger partial charge in [-0.1, -0.05) is 12.1 Å². The van der Waals surface area contributed by atoms with Gasteiger partial charge in [-0.25, -0.2) is 0 Å². The van der Waals surface area contributed by atoms with Gasteiger partial charge in [0.1, 0.15) is 0 Å². The standard InChI is InChI=1S/C15H21NO4/c1-2-19-12-5-3-4-6-13(12)20-9-14(18)16-10-15(11-17)7-8-15/h3-6,17H,2,7-11H2,1H3,(H,16,18). The first-order valence-electron chi connectivity index (χ1n) is 6.91. The molecule has 2 N–H and O–H groups in total. The minimum Gasteiger partial charge on any atom is -0.490 e. The lowest BCUT2D eigenvalue weighted by Gasteiger charge is -2.14. The van der Waals surface area contributed by atoms with Crippen LogP contribution in [0.2, 0.25) is 0 Å². The average molecular weight is 279 g/mol. The molecule has 110 valence electrons. The molecule has 0 unspecified atom stereocenters. The third kappa shape index (κ3) is 3.87. The van der Waals surface area contributed by atoms with Crippen molar-refractivity contribution in [1.29, 1.82) is 0 Å². The minimum atomic E-state index is -0.184. The summed E-state index contributed by atoms with van der Waals surface area (Å²) in [4.78, 5) is 11.7. The summed E-state index contributed by atoms with van der Waals surface area (Å²) in [5.41, 5.74) is -0.0844. The van der Waals surface area contributed by atoms with E-state index in [1.807, 2.05) is 25.1 Å². The normalized spacial score (nSPS) is 15.5. The van der Waals surface area contributed by atoms with E-state index in [1.165, 1.54) is 0 Å². The third-order valence-electron chi connectivity index (χ3n) is 3.46. The van der Waals surface area contributed by atoms with Crippen molar-refractivity contribution in [2.45, 2.75) is 19.8 Å². The molecular weight excluding hydrogens is 258 g/mol. The zero-order valence-electron chi connectivity index (χ0n) is 11.7. The predicted molar refractivity (Wildman–Crippen MR) is 74.9 cm³/mol. The number of amides is 1. The van der Waals surface area contributed by atoms with Gasteiger partial charge >= 0.3 is 0 Å². The molecule has 0 saturated heterocycles. The summed E-state index contributed by atoms with van der Waals surface area (Å²) < 4.78 is 10.9. The Hall–Kier alpha value is -1.75. The van der Waals surface area contributed by atoms with Gasteiger partial charge in [0.2, 0.25) is 0 Å². The van der Waals surface area contributed by atoms with Crippen molar-refractivity contribution < 1.29 is 19.4 Å². The monoisotopic (exact) mass is 279 g/mol. The first-order chi connectivity index (χ1) is 9.69. The molecule has 5 nitrogen and oxygen atoms in total. The Bertz CT molecular complexity index is 457. The molecule has 0 atom stereocenters. The SMILES string of the molecule is CCOc1ccccc1OCC(=O)NCC1(CO)CC1. The third-order valence-corrected chi connectivity index (χ3v) is 3.46. The van der Waals surface area contributed by atoms with Crippen LogP contribution in [0.15, 0.2) is 24.3 Å². The predicted octanol–water partition coefficient (Wildman–Crippen LogP) is 1.35. The largest absolute Gasteiger partial charge is 0.490 e. The van der Waals surface area contributed by atoms with Gasteiger partial charge in [0.05, 0.1) is 13.2 Å². The maximum atomic E-state index is 11.7. The van der Waals surface area contributed by atoms with Crippen molar-refractivity contribution in [2.24, 2.45) is 5.41 Å². The van der Waals surface area contributed by atoms with E-state index in [0.717, 1.165) is 12.8 Å². The van der Waals surface area contributed by atoms with E-state index in [0.29, 0.717) is 24.7 Å². The average Bonchev–Trinajstić information content (AvgIpc) is 3.25. The number of rotatable bonds is 8. The Morgan fingerprint density at radius 3 is 2.50 bits per heavy atom.